The quantitative estimate of drug-likeness (QED) is 0.846. The Labute approximate surface area is 115 Å². The molecule has 18 heavy (non-hydrogen) atoms. The van der Waals surface area contributed by atoms with Crippen molar-refractivity contribution in [1.29, 1.82) is 0 Å². The Balaban J connectivity index is 0.00000137. The van der Waals surface area contributed by atoms with Gasteiger partial charge in [-0.05, 0) is 12.6 Å². The van der Waals surface area contributed by atoms with Crippen LogP contribution in [0.2, 0.25) is 39.3 Å². The lowest BCUT2D eigenvalue weighted by Crippen LogP contribution is -2.57. The normalized spacial score (nSPS) is 11.6. The molecule has 3 heteroatoms. The number of hydrogen-bond acceptors (Lipinski definition) is 1. The third kappa shape index (κ3) is 4.23. The second-order valence-corrected chi connectivity index (χ2v) is 16.5. The van der Waals surface area contributed by atoms with Gasteiger partial charge in [0.05, 0.1) is 16.1 Å². The minimum Gasteiger partial charge on any atom is -0.333 e. The van der Waals surface area contributed by atoms with Crippen LogP contribution in [-0.2, 0) is 0 Å². The molecule has 0 amide bonds. The summed E-state index contributed by atoms with van der Waals surface area (Å²) in [6.07, 6.45) is 2.03. The molecule has 0 heterocycles. The maximum atomic E-state index is 4.50. The van der Waals surface area contributed by atoms with Crippen molar-refractivity contribution in [3.63, 3.8) is 0 Å². The van der Waals surface area contributed by atoms with Crippen LogP contribution in [0.3, 0.4) is 0 Å². The van der Waals surface area contributed by atoms with Gasteiger partial charge in [-0.2, -0.15) is 0 Å². The Hall–Kier alpha value is -0.646. The maximum absolute atomic E-state index is 4.50. The molecule has 0 spiro atoms. The van der Waals surface area contributed by atoms with E-state index in [1.165, 1.54) is 12.6 Å². The maximum Gasteiger partial charge on any atom is 0.0782 e. The lowest BCUT2D eigenvalue weighted by molar-refractivity contribution is 1.48. The van der Waals surface area contributed by atoms with Crippen LogP contribution in [-0.4, -0.2) is 23.2 Å². The van der Waals surface area contributed by atoms with E-state index in [4.69, 9.17) is 0 Å². The predicted octanol–water partition coefficient (Wildman–Crippen LogP) is 2.99. The zero-order valence-corrected chi connectivity index (χ0v) is 15.1. The van der Waals surface area contributed by atoms with E-state index < -0.39 is 16.1 Å². The zero-order valence-electron chi connectivity index (χ0n) is 13.1. The summed E-state index contributed by atoms with van der Waals surface area (Å²) in [5.74, 6) is 0. The fraction of sp³-hybridized carbons (Fsp3) is 0.467. The number of nitrogens with two attached hydrogens (primary N) is 1. The second-order valence-electron chi connectivity index (χ2n) is 6.47. The molecular weight excluding hydrogens is 250 g/mol. The molecule has 0 unspecified atom stereocenters. The molecule has 0 aliphatic rings. The van der Waals surface area contributed by atoms with E-state index in [1.807, 2.05) is 6.08 Å². The van der Waals surface area contributed by atoms with Gasteiger partial charge in [0, 0.05) is 0 Å². The number of hydrogen-bond donors (Lipinski definition) is 1. The van der Waals surface area contributed by atoms with Crippen molar-refractivity contribution in [3.05, 3.63) is 30.3 Å². The van der Waals surface area contributed by atoms with E-state index in [0.717, 1.165) is 0 Å². The molecule has 1 aromatic rings. The average molecular weight is 280 g/mol. The van der Waals surface area contributed by atoms with Crippen LogP contribution in [0.4, 0.5) is 0 Å². The second kappa shape index (κ2) is 6.50. The fourth-order valence-electron chi connectivity index (χ4n) is 2.20. The van der Waals surface area contributed by atoms with Crippen LogP contribution in [0, 0.1) is 0 Å². The minimum absolute atomic E-state index is 1.25. The van der Waals surface area contributed by atoms with E-state index in [9.17, 15) is 0 Å². The molecule has 0 aromatic heterocycles. The first-order chi connectivity index (χ1) is 8.18. The Bertz CT molecular complexity index is 398. The third-order valence-electron chi connectivity index (χ3n) is 2.87. The van der Waals surface area contributed by atoms with Gasteiger partial charge in [-0.1, -0.05) is 80.5 Å². The molecule has 0 fully saturated rings. The highest BCUT2D eigenvalue weighted by Crippen LogP contribution is 2.11. The van der Waals surface area contributed by atoms with E-state index in [2.05, 4.69) is 69.8 Å². The fourth-order valence-corrected chi connectivity index (χ4v) is 7.89. The molecule has 0 atom stereocenters. The van der Waals surface area contributed by atoms with Crippen molar-refractivity contribution in [2.45, 2.75) is 39.3 Å². The molecule has 0 aliphatic heterocycles. The minimum atomic E-state index is -1.29. The summed E-state index contributed by atoms with van der Waals surface area (Å²) in [5, 5.41) is 3.26. The van der Waals surface area contributed by atoms with Gasteiger partial charge in [0.25, 0.3) is 0 Å². The summed E-state index contributed by atoms with van der Waals surface area (Å²) in [6.45, 7) is 18.5. The monoisotopic (exact) mass is 279 g/mol. The van der Waals surface area contributed by atoms with E-state index >= 15 is 0 Å². The molecule has 2 N–H and O–H groups in total. The van der Waals surface area contributed by atoms with Gasteiger partial charge in [0.15, 0.2) is 0 Å². The van der Waals surface area contributed by atoms with Crippen molar-refractivity contribution in [1.82, 2.24) is 0 Å². The van der Waals surface area contributed by atoms with Crippen LogP contribution in [0.25, 0.3) is 6.08 Å². The summed E-state index contributed by atoms with van der Waals surface area (Å²) in [5.41, 5.74) is 5.86. The highest BCUT2D eigenvalue weighted by molar-refractivity contribution is 6.98. The summed E-state index contributed by atoms with van der Waals surface area (Å²) in [6, 6.07) is 6.74. The SMILES string of the molecule is C=Cc1cccc([Si](C)(C)C)c1[Si](C)(C)C.CN. The topological polar surface area (TPSA) is 26.0 Å². The van der Waals surface area contributed by atoms with Crippen LogP contribution < -0.4 is 16.1 Å². The lowest BCUT2D eigenvalue weighted by Gasteiger charge is -2.29. The van der Waals surface area contributed by atoms with Gasteiger partial charge in [0.2, 0.25) is 0 Å². The average Bonchev–Trinajstić information content (AvgIpc) is 2.28. The molecule has 0 aliphatic carbocycles. The Morgan fingerprint density at radius 2 is 1.44 bits per heavy atom. The number of rotatable bonds is 3. The van der Waals surface area contributed by atoms with Crippen LogP contribution >= 0.6 is 0 Å². The standard InChI is InChI=1S/C14H24Si2.CH5N/c1-8-12-10-9-11-13(15(2,3)4)14(12)16(5,6)7;1-2/h8-11H,1H2,2-7H3;2H2,1H3. The van der Waals surface area contributed by atoms with Gasteiger partial charge in [0.1, 0.15) is 0 Å². The van der Waals surface area contributed by atoms with E-state index in [0.29, 0.717) is 0 Å². The van der Waals surface area contributed by atoms with Gasteiger partial charge < -0.3 is 5.73 Å². The molecule has 1 rings (SSSR count). The van der Waals surface area contributed by atoms with Crippen molar-refractivity contribution in [2.24, 2.45) is 5.73 Å². The third-order valence-corrected chi connectivity index (χ3v) is 7.22. The van der Waals surface area contributed by atoms with Crippen LogP contribution in [0.15, 0.2) is 24.8 Å². The van der Waals surface area contributed by atoms with E-state index in [1.54, 1.807) is 10.4 Å². The number of benzene rings is 1. The first kappa shape index (κ1) is 17.4. The molecule has 0 bridgehead atoms. The van der Waals surface area contributed by atoms with Crippen molar-refractivity contribution < 1.29 is 0 Å². The Morgan fingerprint density at radius 1 is 0.944 bits per heavy atom. The first-order valence-corrected chi connectivity index (χ1v) is 13.5. The van der Waals surface area contributed by atoms with Gasteiger partial charge in [-0.25, -0.2) is 0 Å². The highest BCUT2D eigenvalue weighted by Gasteiger charge is 2.28. The lowest BCUT2D eigenvalue weighted by atomic mass is 10.2. The Kier molecular flexibility index (Phi) is 6.27. The van der Waals surface area contributed by atoms with Gasteiger partial charge in [-0.15, -0.1) is 0 Å². The first-order valence-electron chi connectivity index (χ1n) is 6.52. The van der Waals surface area contributed by atoms with Crippen molar-refractivity contribution in [2.75, 3.05) is 7.05 Å². The zero-order chi connectivity index (χ0) is 14.6. The molecule has 0 saturated carbocycles. The van der Waals surface area contributed by atoms with Crippen LogP contribution in [0.1, 0.15) is 5.56 Å². The summed E-state index contributed by atoms with van der Waals surface area (Å²) < 4.78 is 0. The molecule has 1 nitrogen and oxygen atoms in total. The largest absolute Gasteiger partial charge is 0.333 e. The molecular formula is C15H29NSi2. The summed E-state index contributed by atoms with van der Waals surface area (Å²) >= 11 is 0. The summed E-state index contributed by atoms with van der Waals surface area (Å²) in [4.78, 5) is 0. The van der Waals surface area contributed by atoms with Crippen LogP contribution in [0.5, 0.6) is 0 Å². The molecule has 102 valence electrons. The molecule has 1 aromatic carbocycles. The molecule has 0 radical (unpaired) electrons. The Morgan fingerprint density at radius 3 is 1.78 bits per heavy atom. The van der Waals surface area contributed by atoms with E-state index in [-0.39, 0.29) is 0 Å². The van der Waals surface area contributed by atoms with Crippen molar-refractivity contribution >= 4 is 32.6 Å². The summed E-state index contributed by atoms with van der Waals surface area (Å²) in [7, 11) is -1.04. The predicted molar refractivity (Wildman–Crippen MR) is 92.6 cm³/mol. The van der Waals surface area contributed by atoms with Gasteiger partial charge in [-0.3, -0.25) is 0 Å². The highest BCUT2D eigenvalue weighted by atomic mass is 28.3. The molecule has 0 saturated heterocycles. The smallest absolute Gasteiger partial charge is 0.0782 e. The van der Waals surface area contributed by atoms with Gasteiger partial charge >= 0.3 is 0 Å². The van der Waals surface area contributed by atoms with Crippen molar-refractivity contribution in [3.8, 4) is 0 Å².